The molecule has 4 aromatic rings. The van der Waals surface area contributed by atoms with Gasteiger partial charge >= 0.3 is 0 Å². The first kappa shape index (κ1) is 24.6. The van der Waals surface area contributed by atoms with Crippen LogP contribution in [0.1, 0.15) is 38.3 Å². The van der Waals surface area contributed by atoms with Crippen LogP contribution in [0.15, 0.2) is 74.9 Å². The molecule has 190 valence electrons. The molecule has 0 amide bonds. The Hall–Kier alpha value is -4.05. The first-order chi connectivity index (χ1) is 17.8. The van der Waals surface area contributed by atoms with Gasteiger partial charge in [-0.2, -0.15) is 5.10 Å². The van der Waals surface area contributed by atoms with Gasteiger partial charge in [0.15, 0.2) is 5.69 Å². The van der Waals surface area contributed by atoms with Gasteiger partial charge in [-0.15, -0.1) is 11.3 Å². The molecule has 2 heterocycles. The van der Waals surface area contributed by atoms with Crippen LogP contribution in [0.25, 0.3) is 16.9 Å². The first-order valence-corrected chi connectivity index (χ1v) is 13.1. The van der Waals surface area contributed by atoms with E-state index in [1.165, 1.54) is 17.4 Å². The van der Waals surface area contributed by atoms with Crippen molar-refractivity contribution in [3.63, 3.8) is 0 Å². The third kappa shape index (κ3) is 4.84. The second-order valence-corrected chi connectivity index (χ2v) is 10.2. The number of nitrogens with zero attached hydrogens (tertiary/aromatic N) is 6. The number of hydrogen-bond donors (Lipinski definition) is 0. The molecular formula is C27H28N6O3S. The number of benzene rings is 2. The van der Waals surface area contributed by atoms with E-state index in [0.717, 1.165) is 42.8 Å². The van der Waals surface area contributed by atoms with E-state index >= 15 is 0 Å². The van der Waals surface area contributed by atoms with Gasteiger partial charge < -0.3 is 0 Å². The predicted octanol–water partition coefficient (Wildman–Crippen LogP) is 5.57. The molecule has 2 aromatic carbocycles. The van der Waals surface area contributed by atoms with Crippen LogP contribution in [0.2, 0.25) is 0 Å². The fourth-order valence-electron chi connectivity index (χ4n) is 4.57. The van der Waals surface area contributed by atoms with E-state index in [4.69, 9.17) is 10.1 Å². The summed E-state index contributed by atoms with van der Waals surface area (Å²) in [6, 6.07) is 16.0. The van der Waals surface area contributed by atoms with Crippen molar-refractivity contribution in [3.8, 4) is 16.9 Å². The molecule has 0 saturated heterocycles. The zero-order valence-electron chi connectivity index (χ0n) is 21.0. The summed E-state index contributed by atoms with van der Waals surface area (Å²) in [7, 11) is 1.84. The summed E-state index contributed by atoms with van der Waals surface area (Å²) in [6.07, 6.45) is 3.93. The molecule has 0 bridgehead atoms. The summed E-state index contributed by atoms with van der Waals surface area (Å²) in [6.45, 7) is 4.12. The van der Waals surface area contributed by atoms with E-state index in [-0.39, 0.29) is 11.2 Å². The van der Waals surface area contributed by atoms with E-state index in [2.05, 4.69) is 6.92 Å². The van der Waals surface area contributed by atoms with E-state index in [0.29, 0.717) is 27.7 Å². The van der Waals surface area contributed by atoms with Crippen molar-refractivity contribution in [1.82, 2.24) is 14.0 Å². The number of rotatable bonds is 5. The molecule has 1 aliphatic carbocycles. The number of nitro benzene ring substituents is 1. The van der Waals surface area contributed by atoms with Crippen LogP contribution in [0.3, 0.4) is 0 Å². The molecule has 0 aliphatic heterocycles. The predicted molar refractivity (Wildman–Crippen MR) is 146 cm³/mol. The molecule has 5 rings (SSSR count). The summed E-state index contributed by atoms with van der Waals surface area (Å²) in [5.41, 5.74) is 4.06. The lowest BCUT2D eigenvalue weighted by molar-refractivity contribution is -0.384. The number of hydrogen-bond acceptors (Lipinski definition) is 6. The Bertz CT molecular complexity index is 1610. The Morgan fingerprint density at radius 2 is 1.81 bits per heavy atom. The molecule has 1 saturated carbocycles. The molecule has 2 aromatic heterocycles. The fourth-order valence-corrected chi connectivity index (χ4v) is 5.40. The highest BCUT2D eigenvalue weighted by molar-refractivity contribution is 7.07. The number of nitro groups is 1. The SMILES string of the molecule is Cc1c(N=c2scc(-c3cccc([N+](=O)[O-])c3)n2N=C2CCC(C)CC2)c(=O)n(-c2ccccc2)n1C. The normalized spacial score (nSPS) is 16.2. The van der Waals surface area contributed by atoms with E-state index in [1.807, 2.05) is 55.7 Å². The van der Waals surface area contributed by atoms with Crippen LogP contribution in [0.5, 0.6) is 0 Å². The maximum atomic E-state index is 13.5. The Balaban J connectivity index is 1.70. The molecule has 10 heteroatoms. The summed E-state index contributed by atoms with van der Waals surface area (Å²) >= 11 is 1.36. The fraction of sp³-hybridized carbons (Fsp3) is 0.296. The lowest BCUT2D eigenvalue weighted by Gasteiger charge is -2.19. The minimum absolute atomic E-state index is 0.0116. The second kappa shape index (κ2) is 10.1. The van der Waals surface area contributed by atoms with Crippen LogP contribution in [0, 0.1) is 23.0 Å². The van der Waals surface area contributed by atoms with E-state index < -0.39 is 4.92 Å². The van der Waals surface area contributed by atoms with Crippen molar-refractivity contribution in [2.45, 2.75) is 39.5 Å². The third-order valence-corrected chi connectivity index (χ3v) is 7.68. The van der Waals surface area contributed by atoms with Crippen molar-refractivity contribution < 1.29 is 4.92 Å². The molecule has 0 unspecified atom stereocenters. The van der Waals surface area contributed by atoms with Crippen LogP contribution >= 0.6 is 11.3 Å². The molecule has 9 nitrogen and oxygen atoms in total. The van der Waals surface area contributed by atoms with Gasteiger partial charge in [-0.1, -0.05) is 37.3 Å². The molecular weight excluding hydrogens is 488 g/mol. The maximum Gasteiger partial charge on any atom is 0.297 e. The van der Waals surface area contributed by atoms with Gasteiger partial charge in [-0.05, 0) is 50.7 Å². The van der Waals surface area contributed by atoms with Gasteiger partial charge in [0, 0.05) is 35.8 Å². The van der Waals surface area contributed by atoms with E-state index in [9.17, 15) is 14.9 Å². The van der Waals surface area contributed by atoms with E-state index in [1.54, 1.807) is 26.2 Å². The number of para-hydroxylation sites is 1. The standard InChI is InChI=1S/C27H28N6O3S/c1-18-12-14-21(15-13-18)29-31-24(20-8-7-11-23(16-20)33(35)36)17-37-27(31)28-25-19(2)30(3)32(26(25)34)22-9-5-4-6-10-22/h4-11,16-18H,12-15H2,1-3H3. The Kier molecular flexibility index (Phi) is 6.75. The monoisotopic (exact) mass is 516 g/mol. The molecule has 1 aliphatic rings. The Labute approximate surface area is 217 Å². The number of aromatic nitrogens is 3. The van der Waals surface area contributed by atoms with Crippen molar-refractivity contribution in [2.75, 3.05) is 0 Å². The van der Waals surface area contributed by atoms with Crippen LogP contribution < -0.4 is 10.4 Å². The highest BCUT2D eigenvalue weighted by Gasteiger charge is 2.19. The molecule has 0 spiro atoms. The molecule has 37 heavy (non-hydrogen) atoms. The van der Waals surface area contributed by atoms with Gasteiger partial charge in [0.05, 0.1) is 22.0 Å². The number of thiazole rings is 1. The lowest BCUT2D eigenvalue weighted by Crippen LogP contribution is -2.20. The van der Waals surface area contributed by atoms with Crippen LogP contribution in [0.4, 0.5) is 11.4 Å². The minimum Gasteiger partial charge on any atom is -0.283 e. The van der Waals surface area contributed by atoms with Gasteiger partial charge in [0.25, 0.3) is 11.2 Å². The highest BCUT2D eigenvalue weighted by atomic mass is 32.1. The largest absolute Gasteiger partial charge is 0.297 e. The summed E-state index contributed by atoms with van der Waals surface area (Å²) in [5.74, 6) is 0.662. The Morgan fingerprint density at radius 3 is 2.51 bits per heavy atom. The smallest absolute Gasteiger partial charge is 0.283 e. The minimum atomic E-state index is -0.403. The number of non-ortho nitro benzene ring substituents is 1. The van der Waals surface area contributed by atoms with Crippen molar-refractivity contribution >= 4 is 28.4 Å². The zero-order valence-corrected chi connectivity index (χ0v) is 21.8. The summed E-state index contributed by atoms with van der Waals surface area (Å²) < 4.78 is 5.14. The summed E-state index contributed by atoms with van der Waals surface area (Å²) in [5, 5.41) is 18.3. The topological polar surface area (TPSA) is 99.7 Å². The van der Waals surface area contributed by atoms with Crippen LogP contribution in [-0.4, -0.2) is 24.7 Å². The highest BCUT2D eigenvalue weighted by Crippen LogP contribution is 2.27. The first-order valence-electron chi connectivity index (χ1n) is 12.2. The van der Waals surface area contributed by atoms with Crippen molar-refractivity contribution in [2.24, 2.45) is 23.1 Å². The van der Waals surface area contributed by atoms with Crippen molar-refractivity contribution in [1.29, 1.82) is 0 Å². The van der Waals surface area contributed by atoms with Crippen LogP contribution in [-0.2, 0) is 7.05 Å². The average Bonchev–Trinajstić information content (AvgIpc) is 3.39. The quantitative estimate of drug-likeness (QED) is 0.256. The molecule has 0 atom stereocenters. The lowest BCUT2D eigenvalue weighted by atomic mass is 9.90. The molecule has 0 radical (unpaired) electrons. The van der Waals surface area contributed by atoms with Gasteiger partial charge in [0.1, 0.15) is 0 Å². The second-order valence-electron chi connectivity index (χ2n) is 9.39. The van der Waals surface area contributed by atoms with Gasteiger partial charge in [-0.25, -0.2) is 14.4 Å². The average molecular weight is 517 g/mol. The van der Waals surface area contributed by atoms with Gasteiger partial charge in [-0.3, -0.25) is 19.6 Å². The summed E-state index contributed by atoms with van der Waals surface area (Å²) in [4.78, 5) is 29.8. The zero-order chi connectivity index (χ0) is 26.1. The molecule has 0 N–H and O–H groups in total. The Morgan fingerprint density at radius 1 is 1.08 bits per heavy atom. The molecule has 1 fully saturated rings. The third-order valence-electron chi connectivity index (χ3n) is 6.86. The maximum absolute atomic E-state index is 13.5. The van der Waals surface area contributed by atoms with Crippen molar-refractivity contribution in [3.05, 3.63) is 90.9 Å². The van der Waals surface area contributed by atoms with Gasteiger partial charge in [0.2, 0.25) is 4.80 Å².